The number of hydrogen-bond donors (Lipinski definition) is 0. The van der Waals surface area contributed by atoms with Crippen LogP contribution in [0.3, 0.4) is 0 Å². The van der Waals surface area contributed by atoms with Gasteiger partial charge in [-0.3, -0.25) is 4.68 Å². The van der Waals surface area contributed by atoms with Crippen molar-refractivity contribution in [2.75, 3.05) is 27.2 Å². The van der Waals surface area contributed by atoms with Gasteiger partial charge in [0.25, 0.3) is 10.2 Å². The van der Waals surface area contributed by atoms with E-state index in [1.807, 2.05) is 23.7 Å². The molecule has 3 rings (SSSR count). The molecule has 0 radical (unpaired) electrons. The summed E-state index contributed by atoms with van der Waals surface area (Å²) in [5.41, 5.74) is 2.75. The second-order valence-corrected chi connectivity index (χ2v) is 8.58. The minimum Gasteiger partial charge on any atom is -0.264 e. The topological polar surface area (TPSA) is 84.2 Å². The molecule has 9 heteroatoms. The van der Waals surface area contributed by atoms with E-state index < -0.39 is 10.2 Å². The molecule has 0 spiro atoms. The first-order valence-corrected chi connectivity index (χ1v) is 9.82. The molecule has 1 fully saturated rings. The molecule has 1 aliphatic heterocycles. The van der Waals surface area contributed by atoms with Gasteiger partial charge in [0.1, 0.15) is 6.33 Å². The molecular weight excluding hydrogens is 340 g/mol. The molecule has 3 heterocycles. The van der Waals surface area contributed by atoms with E-state index in [4.69, 9.17) is 0 Å². The van der Waals surface area contributed by atoms with Gasteiger partial charge in [-0.25, -0.2) is 9.97 Å². The van der Waals surface area contributed by atoms with E-state index in [-0.39, 0.29) is 5.92 Å². The average Bonchev–Trinajstić information content (AvgIpc) is 3.24. The lowest BCUT2D eigenvalue weighted by atomic mass is 10.0. The number of aryl methyl sites for hydroxylation is 1. The van der Waals surface area contributed by atoms with E-state index in [9.17, 15) is 8.42 Å². The molecule has 1 atom stereocenters. The highest BCUT2D eigenvalue weighted by molar-refractivity contribution is 7.86. The van der Waals surface area contributed by atoms with Crippen LogP contribution in [0.15, 0.2) is 24.7 Å². The minimum absolute atomic E-state index is 0.272. The zero-order valence-corrected chi connectivity index (χ0v) is 15.6. The Kier molecular flexibility index (Phi) is 5.16. The first-order chi connectivity index (χ1) is 11.9. The van der Waals surface area contributed by atoms with Crippen LogP contribution in [0.4, 0.5) is 0 Å². The van der Waals surface area contributed by atoms with Gasteiger partial charge in [-0.15, -0.1) is 0 Å². The molecule has 136 valence electrons. The van der Waals surface area contributed by atoms with Crippen molar-refractivity contribution in [3.05, 3.63) is 30.4 Å². The quantitative estimate of drug-likeness (QED) is 0.764. The van der Waals surface area contributed by atoms with Crippen LogP contribution in [0.2, 0.25) is 0 Å². The maximum Gasteiger partial charge on any atom is 0.281 e. The average molecular weight is 364 g/mol. The van der Waals surface area contributed by atoms with E-state index in [1.165, 1.54) is 4.31 Å². The van der Waals surface area contributed by atoms with E-state index in [2.05, 4.69) is 15.1 Å². The molecule has 0 aliphatic carbocycles. The van der Waals surface area contributed by atoms with Crippen molar-refractivity contribution < 1.29 is 8.42 Å². The van der Waals surface area contributed by atoms with Gasteiger partial charge in [-0.2, -0.15) is 22.1 Å². The largest absolute Gasteiger partial charge is 0.281 e. The van der Waals surface area contributed by atoms with Crippen LogP contribution >= 0.6 is 0 Å². The van der Waals surface area contributed by atoms with Crippen LogP contribution in [0.25, 0.3) is 11.4 Å². The summed E-state index contributed by atoms with van der Waals surface area (Å²) in [5.74, 6) is 0.272. The van der Waals surface area contributed by atoms with Gasteiger partial charge < -0.3 is 0 Å². The monoisotopic (exact) mass is 364 g/mol. The van der Waals surface area contributed by atoms with Gasteiger partial charge in [-0.1, -0.05) is 0 Å². The summed E-state index contributed by atoms with van der Waals surface area (Å²) in [7, 11) is -0.201. The molecular formula is C16H24N6O2S. The maximum atomic E-state index is 12.2. The Morgan fingerprint density at radius 1 is 1.32 bits per heavy atom. The third kappa shape index (κ3) is 3.73. The predicted octanol–water partition coefficient (Wildman–Crippen LogP) is 1.03. The summed E-state index contributed by atoms with van der Waals surface area (Å²) < 4.78 is 29.2. The third-order valence-corrected chi connectivity index (χ3v) is 6.44. The van der Waals surface area contributed by atoms with Gasteiger partial charge in [0.15, 0.2) is 0 Å². The standard InChI is InChI=1S/C16H24N6O2S/c1-4-22-16(5-7-19-22)15-10-14(17-12-18-15)9-13-6-8-21(11-13)25(23,24)20(2)3/h5,7,10,12-13H,4,6,8-9,11H2,1-3H3/t13-/m0/s1. The molecule has 2 aromatic rings. The Morgan fingerprint density at radius 2 is 2.12 bits per heavy atom. The summed E-state index contributed by atoms with van der Waals surface area (Å²) in [6.45, 7) is 3.91. The van der Waals surface area contributed by atoms with Crippen molar-refractivity contribution >= 4 is 10.2 Å². The van der Waals surface area contributed by atoms with Crippen molar-refractivity contribution in [3.63, 3.8) is 0 Å². The van der Waals surface area contributed by atoms with Crippen molar-refractivity contribution in [2.24, 2.45) is 5.92 Å². The van der Waals surface area contributed by atoms with Crippen LogP contribution < -0.4 is 0 Å². The predicted molar refractivity (Wildman–Crippen MR) is 94.9 cm³/mol. The number of hydrogen-bond acceptors (Lipinski definition) is 5. The molecule has 1 saturated heterocycles. The van der Waals surface area contributed by atoms with Gasteiger partial charge in [0.2, 0.25) is 0 Å². The maximum absolute atomic E-state index is 12.2. The highest BCUT2D eigenvalue weighted by Crippen LogP contribution is 2.24. The summed E-state index contributed by atoms with van der Waals surface area (Å²) >= 11 is 0. The van der Waals surface area contributed by atoms with Crippen molar-refractivity contribution in [1.29, 1.82) is 0 Å². The van der Waals surface area contributed by atoms with E-state index in [1.54, 1.807) is 30.9 Å². The number of nitrogens with zero attached hydrogens (tertiary/aromatic N) is 6. The molecule has 0 aromatic carbocycles. The zero-order chi connectivity index (χ0) is 18.0. The SMILES string of the molecule is CCn1nccc1-c1cc(C[C@@H]2CCN(S(=O)(=O)N(C)C)C2)ncn1. The van der Waals surface area contributed by atoms with E-state index in [0.717, 1.165) is 36.5 Å². The zero-order valence-electron chi connectivity index (χ0n) is 14.8. The Labute approximate surface area is 148 Å². The highest BCUT2D eigenvalue weighted by Gasteiger charge is 2.32. The Balaban J connectivity index is 1.72. The Hall–Kier alpha value is -1.84. The first kappa shape index (κ1) is 18.0. The summed E-state index contributed by atoms with van der Waals surface area (Å²) in [6.07, 6.45) is 4.93. The minimum atomic E-state index is -3.33. The summed E-state index contributed by atoms with van der Waals surface area (Å²) in [4.78, 5) is 8.73. The molecule has 0 unspecified atom stereocenters. The van der Waals surface area contributed by atoms with Gasteiger partial charge in [-0.05, 0) is 37.8 Å². The molecule has 0 bridgehead atoms. The van der Waals surface area contributed by atoms with Gasteiger partial charge >= 0.3 is 0 Å². The van der Waals surface area contributed by atoms with Gasteiger partial charge in [0.05, 0.1) is 11.4 Å². The lowest BCUT2D eigenvalue weighted by Gasteiger charge is -2.20. The van der Waals surface area contributed by atoms with Crippen LogP contribution in [-0.4, -0.2) is 64.0 Å². The fourth-order valence-electron chi connectivity index (χ4n) is 3.15. The first-order valence-electron chi connectivity index (χ1n) is 8.42. The smallest absolute Gasteiger partial charge is 0.264 e. The second-order valence-electron chi connectivity index (χ2n) is 6.43. The molecule has 8 nitrogen and oxygen atoms in total. The normalized spacial score (nSPS) is 19.0. The second kappa shape index (κ2) is 7.19. The summed E-state index contributed by atoms with van der Waals surface area (Å²) in [6, 6.07) is 3.92. The van der Waals surface area contributed by atoms with Crippen molar-refractivity contribution in [1.82, 2.24) is 28.4 Å². The number of aromatic nitrogens is 4. The fourth-order valence-corrected chi connectivity index (χ4v) is 4.35. The third-order valence-electron chi connectivity index (χ3n) is 4.54. The van der Waals surface area contributed by atoms with E-state index in [0.29, 0.717) is 13.1 Å². The lowest BCUT2D eigenvalue weighted by molar-refractivity contribution is 0.409. The molecule has 0 N–H and O–H groups in total. The Morgan fingerprint density at radius 3 is 2.84 bits per heavy atom. The Bertz CT molecular complexity index is 833. The molecule has 1 aliphatic rings. The summed E-state index contributed by atoms with van der Waals surface area (Å²) in [5, 5.41) is 4.28. The van der Waals surface area contributed by atoms with Crippen molar-refractivity contribution in [3.8, 4) is 11.4 Å². The van der Waals surface area contributed by atoms with Crippen LogP contribution in [0.1, 0.15) is 19.0 Å². The van der Waals surface area contributed by atoms with Gasteiger partial charge in [0, 0.05) is 45.6 Å². The fraction of sp³-hybridized carbons (Fsp3) is 0.562. The highest BCUT2D eigenvalue weighted by atomic mass is 32.2. The van der Waals surface area contributed by atoms with E-state index >= 15 is 0 Å². The number of rotatable bonds is 6. The van der Waals surface area contributed by atoms with Crippen LogP contribution in [0.5, 0.6) is 0 Å². The molecule has 2 aromatic heterocycles. The molecule has 25 heavy (non-hydrogen) atoms. The van der Waals surface area contributed by atoms with Crippen LogP contribution in [0, 0.1) is 5.92 Å². The lowest BCUT2D eigenvalue weighted by Crippen LogP contribution is -2.38. The van der Waals surface area contributed by atoms with Crippen LogP contribution in [-0.2, 0) is 23.2 Å². The van der Waals surface area contributed by atoms with Crippen molar-refractivity contribution in [2.45, 2.75) is 26.3 Å². The molecule has 0 saturated carbocycles. The molecule has 0 amide bonds.